The van der Waals surface area contributed by atoms with Gasteiger partial charge in [0.05, 0.1) is 0 Å². The Balaban J connectivity index is 2.21. The Bertz CT molecular complexity index is 434. The number of amides is 1. The molecular formula is C14H20N2O. The Kier molecular flexibility index (Phi) is 2.96. The van der Waals surface area contributed by atoms with Crippen molar-refractivity contribution in [2.24, 2.45) is 5.41 Å². The highest BCUT2D eigenvalue weighted by Gasteiger charge is 2.34. The Morgan fingerprint density at radius 3 is 2.59 bits per heavy atom. The molecule has 1 aromatic rings. The number of fused-ring (bicyclic) bond motifs is 1. The summed E-state index contributed by atoms with van der Waals surface area (Å²) in [4.78, 5) is 13.9. The summed E-state index contributed by atoms with van der Waals surface area (Å²) in [5.74, 6) is 0.135. The molecule has 1 N–H and O–H groups in total. The van der Waals surface area contributed by atoms with Crippen LogP contribution in [0.15, 0.2) is 24.3 Å². The molecule has 1 heterocycles. The molecule has 1 aliphatic rings. The van der Waals surface area contributed by atoms with Crippen LogP contribution in [0.5, 0.6) is 0 Å². The minimum atomic E-state index is -0.185. The first-order valence-electron chi connectivity index (χ1n) is 6.00. The van der Waals surface area contributed by atoms with Crippen LogP contribution in [0, 0.1) is 5.41 Å². The lowest BCUT2D eigenvalue weighted by Gasteiger charge is -2.22. The summed E-state index contributed by atoms with van der Waals surface area (Å²) in [5, 5.41) is 3.37. The van der Waals surface area contributed by atoms with Gasteiger partial charge in [-0.05, 0) is 11.5 Å². The lowest BCUT2D eigenvalue weighted by atomic mass is 9.96. The minimum absolute atomic E-state index is 0.135. The van der Waals surface area contributed by atoms with Crippen LogP contribution in [0.25, 0.3) is 0 Å². The number of para-hydroxylation sites is 1. The fraction of sp³-hybridized carbons (Fsp3) is 0.500. The number of hydrogen-bond donors (Lipinski definition) is 1. The highest BCUT2D eigenvalue weighted by atomic mass is 16.2. The van der Waals surface area contributed by atoms with Gasteiger partial charge in [-0.1, -0.05) is 39.0 Å². The molecule has 0 saturated heterocycles. The van der Waals surface area contributed by atoms with E-state index in [2.05, 4.69) is 26.1 Å². The van der Waals surface area contributed by atoms with Gasteiger partial charge in [0.1, 0.15) is 6.04 Å². The van der Waals surface area contributed by atoms with Crippen LogP contribution in [-0.2, 0) is 4.79 Å². The Morgan fingerprint density at radius 1 is 1.29 bits per heavy atom. The number of likely N-dealkylation sites (N-methyl/N-ethyl adjacent to an activating group) is 1. The second kappa shape index (κ2) is 4.15. The predicted octanol–water partition coefficient (Wildman–Crippen LogP) is 2.34. The standard InChI is InChI=1S/C14H20N2O/c1-14(2,3)9-15-12-10-7-5-6-8-11(10)16(4)13(12)17/h5-8,12,15H,9H2,1-4H3. The van der Waals surface area contributed by atoms with Crippen molar-refractivity contribution in [3.05, 3.63) is 29.8 Å². The van der Waals surface area contributed by atoms with E-state index in [0.717, 1.165) is 17.8 Å². The van der Waals surface area contributed by atoms with Gasteiger partial charge in [0.2, 0.25) is 5.91 Å². The van der Waals surface area contributed by atoms with Gasteiger partial charge in [0, 0.05) is 24.8 Å². The molecule has 17 heavy (non-hydrogen) atoms. The van der Waals surface area contributed by atoms with Crippen LogP contribution in [0.3, 0.4) is 0 Å². The highest BCUT2D eigenvalue weighted by molar-refractivity contribution is 6.04. The number of carbonyl (C=O) groups excluding carboxylic acids is 1. The van der Waals surface area contributed by atoms with Crippen molar-refractivity contribution < 1.29 is 4.79 Å². The second-order valence-electron chi connectivity index (χ2n) is 5.83. The summed E-state index contributed by atoms with van der Waals surface area (Å²) in [5.41, 5.74) is 2.28. The van der Waals surface area contributed by atoms with Gasteiger partial charge in [-0.15, -0.1) is 0 Å². The summed E-state index contributed by atoms with van der Waals surface area (Å²) >= 11 is 0. The molecule has 0 saturated carbocycles. The average molecular weight is 232 g/mol. The fourth-order valence-corrected chi connectivity index (χ4v) is 2.09. The van der Waals surface area contributed by atoms with Crippen molar-refractivity contribution >= 4 is 11.6 Å². The first kappa shape index (κ1) is 12.1. The van der Waals surface area contributed by atoms with Crippen molar-refractivity contribution in [1.29, 1.82) is 0 Å². The topological polar surface area (TPSA) is 32.3 Å². The van der Waals surface area contributed by atoms with E-state index >= 15 is 0 Å². The molecule has 0 spiro atoms. The maximum atomic E-state index is 12.1. The van der Waals surface area contributed by atoms with Gasteiger partial charge in [-0.25, -0.2) is 0 Å². The lowest BCUT2D eigenvalue weighted by molar-refractivity contribution is -0.119. The molecule has 2 rings (SSSR count). The monoisotopic (exact) mass is 232 g/mol. The number of nitrogens with zero attached hydrogens (tertiary/aromatic N) is 1. The van der Waals surface area contributed by atoms with Crippen LogP contribution < -0.4 is 10.2 Å². The van der Waals surface area contributed by atoms with Crippen molar-refractivity contribution in [2.45, 2.75) is 26.8 Å². The third-order valence-corrected chi connectivity index (χ3v) is 3.02. The molecule has 3 heteroatoms. The normalized spacial score (nSPS) is 19.6. The highest BCUT2D eigenvalue weighted by Crippen LogP contribution is 2.34. The molecule has 0 radical (unpaired) electrons. The second-order valence-corrected chi connectivity index (χ2v) is 5.83. The van der Waals surface area contributed by atoms with Gasteiger partial charge in [-0.2, -0.15) is 0 Å². The minimum Gasteiger partial charge on any atom is -0.313 e. The maximum Gasteiger partial charge on any atom is 0.248 e. The van der Waals surface area contributed by atoms with Gasteiger partial charge in [0.15, 0.2) is 0 Å². The molecule has 1 atom stereocenters. The van der Waals surface area contributed by atoms with Crippen molar-refractivity contribution in [3.63, 3.8) is 0 Å². The zero-order chi connectivity index (χ0) is 12.6. The van der Waals surface area contributed by atoms with Crippen LogP contribution in [-0.4, -0.2) is 19.5 Å². The molecule has 92 valence electrons. The molecule has 1 aliphatic heterocycles. The van der Waals surface area contributed by atoms with E-state index in [1.165, 1.54) is 0 Å². The largest absolute Gasteiger partial charge is 0.313 e. The smallest absolute Gasteiger partial charge is 0.248 e. The number of anilines is 1. The van der Waals surface area contributed by atoms with Crippen molar-refractivity contribution in [2.75, 3.05) is 18.5 Å². The summed E-state index contributed by atoms with van der Waals surface area (Å²) in [6, 6.07) is 7.78. The van der Waals surface area contributed by atoms with Gasteiger partial charge in [0.25, 0.3) is 0 Å². The summed E-state index contributed by atoms with van der Waals surface area (Å²) in [6.45, 7) is 7.31. The molecule has 0 aromatic heterocycles. The van der Waals surface area contributed by atoms with Crippen molar-refractivity contribution in [3.8, 4) is 0 Å². The summed E-state index contributed by atoms with van der Waals surface area (Å²) < 4.78 is 0. The first-order valence-corrected chi connectivity index (χ1v) is 6.00. The van der Waals surface area contributed by atoms with Crippen LogP contribution in [0.2, 0.25) is 0 Å². The SMILES string of the molecule is CN1C(=O)C(NCC(C)(C)C)c2ccccc21. The predicted molar refractivity (Wildman–Crippen MR) is 70.1 cm³/mol. The van der Waals surface area contributed by atoms with E-state index in [-0.39, 0.29) is 17.4 Å². The summed E-state index contributed by atoms with van der Waals surface area (Å²) in [7, 11) is 1.83. The van der Waals surface area contributed by atoms with E-state index in [1.807, 2.05) is 31.3 Å². The first-order chi connectivity index (χ1) is 7.90. The lowest BCUT2D eigenvalue weighted by Crippen LogP contribution is -2.36. The van der Waals surface area contributed by atoms with Crippen LogP contribution >= 0.6 is 0 Å². The van der Waals surface area contributed by atoms with Crippen LogP contribution in [0.4, 0.5) is 5.69 Å². The number of hydrogen-bond acceptors (Lipinski definition) is 2. The number of benzene rings is 1. The van der Waals surface area contributed by atoms with E-state index in [1.54, 1.807) is 4.90 Å². The quantitative estimate of drug-likeness (QED) is 0.849. The molecule has 1 unspecified atom stereocenters. The molecular weight excluding hydrogens is 212 g/mol. The molecule has 0 bridgehead atoms. The number of nitrogens with one attached hydrogen (secondary N) is 1. The molecule has 1 aromatic carbocycles. The fourth-order valence-electron chi connectivity index (χ4n) is 2.09. The molecule has 0 fully saturated rings. The zero-order valence-corrected chi connectivity index (χ0v) is 10.9. The third-order valence-electron chi connectivity index (χ3n) is 3.02. The number of carbonyl (C=O) groups is 1. The molecule has 0 aliphatic carbocycles. The summed E-state index contributed by atoms with van der Waals surface area (Å²) in [6.07, 6.45) is 0. The molecule has 3 nitrogen and oxygen atoms in total. The third kappa shape index (κ3) is 2.34. The average Bonchev–Trinajstić information content (AvgIpc) is 2.49. The van der Waals surface area contributed by atoms with Crippen LogP contribution in [0.1, 0.15) is 32.4 Å². The molecule has 1 amide bonds. The Morgan fingerprint density at radius 2 is 1.94 bits per heavy atom. The van der Waals surface area contributed by atoms with E-state index < -0.39 is 0 Å². The van der Waals surface area contributed by atoms with Gasteiger partial charge >= 0.3 is 0 Å². The van der Waals surface area contributed by atoms with E-state index in [4.69, 9.17) is 0 Å². The van der Waals surface area contributed by atoms with Gasteiger partial charge in [-0.3, -0.25) is 4.79 Å². The zero-order valence-electron chi connectivity index (χ0n) is 10.9. The van der Waals surface area contributed by atoms with E-state index in [9.17, 15) is 4.79 Å². The Labute approximate surface area is 103 Å². The van der Waals surface area contributed by atoms with Gasteiger partial charge < -0.3 is 10.2 Å². The maximum absolute atomic E-state index is 12.1. The van der Waals surface area contributed by atoms with E-state index in [0.29, 0.717) is 0 Å². The Hall–Kier alpha value is -1.35. The number of rotatable bonds is 2. The van der Waals surface area contributed by atoms with Crippen molar-refractivity contribution in [1.82, 2.24) is 5.32 Å².